The van der Waals surface area contributed by atoms with Crippen LogP contribution in [0.2, 0.25) is 0 Å². The van der Waals surface area contributed by atoms with Gasteiger partial charge >= 0.3 is 5.97 Å². The van der Waals surface area contributed by atoms with Gasteiger partial charge in [0.1, 0.15) is 34.2 Å². The molecular weight excluding hydrogens is 397 g/mol. The van der Waals surface area contributed by atoms with Gasteiger partial charge in [0.25, 0.3) is 0 Å². The van der Waals surface area contributed by atoms with Crippen LogP contribution >= 0.6 is 0 Å². The first-order chi connectivity index (χ1) is 15.0. The Bertz CT molecular complexity index is 1270. The van der Waals surface area contributed by atoms with E-state index in [4.69, 9.17) is 22.2 Å². The first-order valence-corrected chi connectivity index (χ1v) is 9.70. The number of hydrogen-bond acceptors (Lipinski definition) is 7. The number of methoxy groups -OCH3 is 2. The number of carbonyl (C=O) groups excluding carboxylic acids is 1. The Balaban J connectivity index is 1.78. The number of pyridine rings is 1. The zero-order chi connectivity index (χ0) is 22.1. The van der Waals surface area contributed by atoms with E-state index in [-0.39, 0.29) is 6.61 Å². The molecule has 0 aliphatic rings. The van der Waals surface area contributed by atoms with Gasteiger partial charge in [0, 0.05) is 30.6 Å². The zero-order valence-corrected chi connectivity index (χ0v) is 17.8. The average Bonchev–Trinajstić information content (AvgIpc) is 3.37. The van der Waals surface area contributed by atoms with Crippen molar-refractivity contribution in [3.8, 4) is 11.5 Å². The Labute approximate surface area is 180 Å². The maximum atomic E-state index is 12.2. The minimum atomic E-state index is -0.440. The van der Waals surface area contributed by atoms with E-state index in [1.807, 2.05) is 23.7 Å². The predicted molar refractivity (Wildman–Crippen MR) is 118 cm³/mol. The number of benzene rings is 1. The number of fused-ring (bicyclic) bond motifs is 3. The van der Waals surface area contributed by atoms with Crippen LogP contribution in [-0.4, -0.2) is 54.3 Å². The fourth-order valence-electron chi connectivity index (χ4n) is 3.54. The van der Waals surface area contributed by atoms with Crippen LogP contribution in [0.5, 0.6) is 11.5 Å². The van der Waals surface area contributed by atoms with E-state index in [1.165, 1.54) is 4.81 Å². The van der Waals surface area contributed by atoms with Gasteiger partial charge in [-0.2, -0.15) is 0 Å². The molecular formula is C21H22BN5O4. The molecule has 4 aromatic rings. The van der Waals surface area contributed by atoms with Crippen molar-refractivity contribution in [1.29, 1.82) is 0 Å². The summed E-state index contributed by atoms with van der Waals surface area (Å²) in [5.41, 5.74) is 3.13. The van der Waals surface area contributed by atoms with Gasteiger partial charge in [-0.15, -0.1) is 0 Å². The summed E-state index contributed by atoms with van der Waals surface area (Å²) in [6.45, 7) is 2.37. The minimum absolute atomic E-state index is 0.286. The molecule has 0 unspecified atom stereocenters. The predicted octanol–water partition coefficient (Wildman–Crippen LogP) is 2.73. The summed E-state index contributed by atoms with van der Waals surface area (Å²) in [6, 6.07) is 7.25. The maximum absolute atomic E-state index is 12.2. The Hall–Kier alpha value is -3.69. The number of hydrogen-bond donors (Lipinski definition) is 1. The number of ether oxygens (including phenoxy) is 3. The second kappa shape index (κ2) is 8.21. The molecule has 0 fully saturated rings. The van der Waals surface area contributed by atoms with Crippen molar-refractivity contribution in [2.45, 2.75) is 13.5 Å². The van der Waals surface area contributed by atoms with Crippen molar-refractivity contribution in [3.63, 3.8) is 0 Å². The number of H-pyrrole nitrogens is 1. The highest BCUT2D eigenvalue weighted by Gasteiger charge is 2.20. The Morgan fingerprint density at radius 2 is 2.06 bits per heavy atom. The number of carbonyl (C=O) groups is 1. The molecule has 4 rings (SSSR count). The minimum Gasteiger partial charge on any atom is -0.497 e. The normalized spacial score (nSPS) is 11.1. The molecule has 0 aliphatic heterocycles. The fraction of sp³-hybridized carbons (Fsp3) is 0.286. The van der Waals surface area contributed by atoms with Crippen LogP contribution in [0.1, 0.15) is 23.0 Å². The Kier molecular flexibility index (Phi) is 5.45. The maximum Gasteiger partial charge on any atom is 0.354 e. The van der Waals surface area contributed by atoms with E-state index < -0.39 is 5.97 Å². The summed E-state index contributed by atoms with van der Waals surface area (Å²) in [4.78, 5) is 25.9. The highest BCUT2D eigenvalue weighted by Crippen LogP contribution is 2.32. The number of aryl methyl sites for hydroxylation is 1. The molecule has 0 saturated carbocycles. The van der Waals surface area contributed by atoms with Crippen molar-refractivity contribution in [2.24, 2.45) is 7.05 Å². The quantitative estimate of drug-likeness (QED) is 0.364. The van der Waals surface area contributed by atoms with Crippen molar-refractivity contribution in [2.75, 3.05) is 25.6 Å². The van der Waals surface area contributed by atoms with Crippen molar-refractivity contribution < 1.29 is 19.0 Å². The molecule has 0 saturated heterocycles. The van der Waals surface area contributed by atoms with Crippen molar-refractivity contribution in [3.05, 3.63) is 41.9 Å². The number of imidazole rings is 1. The number of esters is 1. The Morgan fingerprint density at radius 3 is 2.77 bits per heavy atom. The van der Waals surface area contributed by atoms with Gasteiger partial charge in [0.05, 0.1) is 32.7 Å². The number of aromatic amines is 1. The average molecular weight is 419 g/mol. The third-order valence-corrected chi connectivity index (χ3v) is 5.02. The van der Waals surface area contributed by atoms with Crippen LogP contribution in [0.4, 0.5) is 5.82 Å². The van der Waals surface area contributed by atoms with E-state index in [2.05, 4.69) is 15.0 Å². The summed E-state index contributed by atoms with van der Waals surface area (Å²) in [7, 11) is 11.5. The molecule has 158 valence electrons. The van der Waals surface area contributed by atoms with Gasteiger partial charge < -0.3 is 28.6 Å². The molecule has 0 amide bonds. The molecule has 1 aromatic carbocycles. The second-order valence-electron chi connectivity index (χ2n) is 6.96. The molecule has 9 nitrogen and oxygen atoms in total. The molecule has 2 radical (unpaired) electrons. The molecule has 10 heteroatoms. The lowest BCUT2D eigenvalue weighted by Gasteiger charge is -2.21. The molecule has 1 N–H and O–H groups in total. The van der Waals surface area contributed by atoms with Gasteiger partial charge in [-0.25, -0.2) is 14.8 Å². The summed E-state index contributed by atoms with van der Waals surface area (Å²) in [6.07, 6.45) is 1.69. The van der Waals surface area contributed by atoms with E-state index in [0.29, 0.717) is 40.7 Å². The van der Waals surface area contributed by atoms with Crippen LogP contribution in [-0.2, 0) is 18.3 Å². The third-order valence-electron chi connectivity index (χ3n) is 5.02. The van der Waals surface area contributed by atoms with Crippen molar-refractivity contribution in [1.82, 2.24) is 19.5 Å². The summed E-state index contributed by atoms with van der Waals surface area (Å²) in [5, 5.41) is 0.761. The van der Waals surface area contributed by atoms with Gasteiger partial charge in [0.15, 0.2) is 0 Å². The summed E-state index contributed by atoms with van der Waals surface area (Å²) >= 11 is 0. The van der Waals surface area contributed by atoms with Crippen LogP contribution in [0.3, 0.4) is 0 Å². The lowest BCUT2D eigenvalue weighted by Crippen LogP contribution is -2.20. The first kappa shape index (κ1) is 20.6. The molecule has 0 atom stereocenters. The number of aromatic nitrogens is 4. The molecule has 3 aromatic heterocycles. The van der Waals surface area contributed by atoms with Crippen LogP contribution < -0.4 is 14.3 Å². The fourth-order valence-corrected chi connectivity index (χ4v) is 3.54. The standard InChI is InChI=1S/C21H22BN5O4/c1-5-31-21(28)15-9-14-18-17(23-11-26(18)2)20(25-19(14)24-15)27(22)10-12-6-7-13(29-3)8-16(12)30-4/h6-9,11H,5,10H2,1-4H3,(H,24,25). The van der Waals surface area contributed by atoms with E-state index in [0.717, 1.165) is 16.5 Å². The topological polar surface area (TPSA) is 94.5 Å². The first-order valence-electron chi connectivity index (χ1n) is 9.70. The van der Waals surface area contributed by atoms with Gasteiger partial charge in [-0.3, -0.25) is 0 Å². The lowest BCUT2D eigenvalue weighted by atomic mass is 10.1. The zero-order valence-electron chi connectivity index (χ0n) is 17.8. The van der Waals surface area contributed by atoms with Crippen LogP contribution in [0.25, 0.3) is 22.1 Å². The molecule has 0 spiro atoms. The lowest BCUT2D eigenvalue weighted by molar-refractivity contribution is 0.0520. The number of nitrogens with zero attached hydrogens (tertiary/aromatic N) is 4. The number of nitrogens with one attached hydrogen (secondary N) is 1. The smallest absolute Gasteiger partial charge is 0.354 e. The molecule has 3 heterocycles. The van der Waals surface area contributed by atoms with Crippen LogP contribution in [0.15, 0.2) is 30.6 Å². The van der Waals surface area contributed by atoms with Gasteiger partial charge in [0.2, 0.25) is 7.98 Å². The third kappa shape index (κ3) is 3.65. The SMILES string of the molecule is [B]N(Cc1ccc(OC)cc1OC)c1nc2[nH]c(C(=O)OCC)cc2c2c1ncn2C. The summed E-state index contributed by atoms with van der Waals surface area (Å²) < 4.78 is 17.7. The van der Waals surface area contributed by atoms with Crippen molar-refractivity contribution >= 4 is 41.8 Å². The summed E-state index contributed by atoms with van der Waals surface area (Å²) in [5.74, 6) is 1.37. The number of rotatable bonds is 7. The highest BCUT2D eigenvalue weighted by molar-refractivity contribution is 6.21. The van der Waals surface area contributed by atoms with E-state index in [1.54, 1.807) is 39.6 Å². The monoisotopic (exact) mass is 419 g/mol. The molecule has 0 bridgehead atoms. The number of anilines is 1. The highest BCUT2D eigenvalue weighted by atomic mass is 16.5. The van der Waals surface area contributed by atoms with E-state index in [9.17, 15) is 4.79 Å². The van der Waals surface area contributed by atoms with E-state index >= 15 is 0 Å². The van der Waals surface area contributed by atoms with Gasteiger partial charge in [-0.1, -0.05) is 0 Å². The Morgan fingerprint density at radius 1 is 1.26 bits per heavy atom. The molecule has 0 aliphatic carbocycles. The molecule has 31 heavy (non-hydrogen) atoms. The largest absolute Gasteiger partial charge is 0.497 e. The van der Waals surface area contributed by atoms with Crippen LogP contribution in [0, 0.1) is 0 Å². The van der Waals surface area contributed by atoms with Gasteiger partial charge in [-0.05, 0) is 25.1 Å². The second-order valence-corrected chi connectivity index (χ2v) is 6.96.